The summed E-state index contributed by atoms with van der Waals surface area (Å²) in [7, 11) is 1.61. The van der Waals surface area contributed by atoms with Gasteiger partial charge in [-0.1, -0.05) is 12.1 Å². The second-order valence-electron chi connectivity index (χ2n) is 4.00. The molecule has 0 aliphatic rings. The van der Waals surface area contributed by atoms with Crippen LogP contribution in [0.3, 0.4) is 0 Å². The van der Waals surface area contributed by atoms with Gasteiger partial charge in [0.2, 0.25) is 0 Å². The van der Waals surface area contributed by atoms with Crippen molar-refractivity contribution < 1.29 is 14.3 Å². The maximum absolute atomic E-state index is 11.7. The molecule has 1 heterocycles. The lowest BCUT2D eigenvalue weighted by Gasteiger charge is -2.04. The van der Waals surface area contributed by atoms with Gasteiger partial charge in [-0.2, -0.15) is 0 Å². The Hall–Kier alpha value is -2.23. The Morgan fingerprint density at radius 3 is 2.56 bits per heavy atom. The summed E-state index contributed by atoms with van der Waals surface area (Å²) >= 11 is 0. The van der Waals surface area contributed by atoms with Crippen molar-refractivity contribution in [2.24, 2.45) is 0 Å². The van der Waals surface area contributed by atoms with E-state index in [1.807, 2.05) is 31.2 Å². The van der Waals surface area contributed by atoms with Crippen molar-refractivity contribution in [3.8, 4) is 5.75 Å². The predicted molar refractivity (Wildman–Crippen MR) is 67.6 cm³/mol. The van der Waals surface area contributed by atoms with Crippen LogP contribution in [0.15, 0.2) is 36.5 Å². The van der Waals surface area contributed by atoms with Gasteiger partial charge in [0.05, 0.1) is 12.7 Å². The molecule has 0 saturated heterocycles. The lowest BCUT2D eigenvalue weighted by atomic mass is 10.2. The fourth-order valence-electron chi connectivity index (χ4n) is 1.58. The second-order valence-corrected chi connectivity index (χ2v) is 4.00. The van der Waals surface area contributed by atoms with E-state index in [1.165, 1.54) is 0 Å². The molecule has 0 unspecified atom stereocenters. The van der Waals surface area contributed by atoms with Crippen molar-refractivity contribution in [3.05, 3.63) is 53.3 Å². The number of esters is 1. The van der Waals surface area contributed by atoms with Crippen LogP contribution in [0, 0.1) is 6.92 Å². The minimum absolute atomic E-state index is 0.257. The van der Waals surface area contributed by atoms with Crippen LogP contribution in [0.5, 0.6) is 5.75 Å². The highest BCUT2D eigenvalue weighted by Crippen LogP contribution is 2.13. The number of nitrogens with one attached hydrogen (secondary N) is 1. The van der Waals surface area contributed by atoms with E-state index in [-0.39, 0.29) is 12.6 Å². The van der Waals surface area contributed by atoms with Gasteiger partial charge in [0.1, 0.15) is 12.4 Å². The molecule has 4 heteroatoms. The van der Waals surface area contributed by atoms with Gasteiger partial charge in [0.15, 0.2) is 0 Å². The minimum atomic E-state index is -0.324. The number of benzene rings is 1. The van der Waals surface area contributed by atoms with Crippen molar-refractivity contribution in [2.75, 3.05) is 7.11 Å². The van der Waals surface area contributed by atoms with Crippen molar-refractivity contribution in [2.45, 2.75) is 13.5 Å². The molecule has 0 spiro atoms. The number of hydrogen-bond acceptors (Lipinski definition) is 3. The molecule has 0 aliphatic carbocycles. The highest BCUT2D eigenvalue weighted by atomic mass is 16.5. The standard InChI is InChI=1S/C14H15NO3/c1-10-7-12(8-15-10)14(16)18-9-11-3-5-13(17-2)6-4-11/h3-8,15H,9H2,1-2H3. The Morgan fingerprint density at radius 2 is 2.00 bits per heavy atom. The minimum Gasteiger partial charge on any atom is -0.497 e. The van der Waals surface area contributed by atoms with Gasteiger partial charge >= 0.3 is 5.97 Å². The van der Waals surface area contributed by atoms with Crippen LogP contribution in [-0.2, 0) is 11.3 Å². The molecule has 0 radical (unpaired) electrons. The number of carbonyl (C=O) groups is 1. The molecule has 4 nitrogen and oxygen atoms in total. The maximum atomic E-state index is 11.7. The van der Waals surface area contributed by atoms with Gasteiger partial charge < -0.3 is 14.5 Å². The molecular weight excluding hydrogens is 230 g/mol. The molecule has 0 aliphatic heterocycles. The molecule has 0 atom stereocenters. The third-order valence-corrected chi connectivity index (χ3v) is 2.59. The molecule has 0 saturated carbocycles. The number of H-pyrrole nitrogens is 1. The van der Waals surface area contributed by atoms with Gasteiger partial charge in [-0.15, -0.1) is 0 Å². The molecule has 1 aromatic heterocycles. The first kappa shape index (κ1) is 12.2. The average Bonchev–Trinajstić information content (AvgIpc) is 2.83. The maximum Gasteiger partial charge on any atom is 0.340 e. The van der Waals surface area contributed by atoms with E-state index in [0.29, 0.717) is 5.56 Å². The van der Waals surface area contributed by atoms with Crippen LogP contribution in [-0.4, -0.2) is 18.1 Å². The summed E-state index contributed by atoms with van der Waals surface area (Å²) in [6, 6.07) is 9.17. The molecule has 18 heavy (non-hydrogen) atoms. The zero-order valence-electron chi connectivity index (χ0n) is 10.4. The van der Waals surface area contributed by atoms with E-state index < -0.39 is 0 Å². The fourth-order valence-corrected chi connectivity index (χ4v) is 1.58. The topological polar surface area (TPSA) is 51.3 Å². The highest BCUT2D eigenvalue weighted by molar-refractivity contribution is 5.89. The van der Waals surface area contributed by atoms with Gasteiger partial charge in [0, 0.05) is 11.9 Å². The summed E-state index contributed by atoms with van der Waals surface area (Å²) in [5, 5.41) is 0. The summed E-state index contributed by atoms with van der Waals surface area (Å²) in [6.45, 7) is 2.15. The molecule has 1 N–H and O–H groups in total. The van der Waals surface area contributed by atoms with E-state index in [9.17, 15) is 4.79 Å². The lowest BCUT2D eigenvalue weighted by Crippen LogP contribution is -2.03. The van der Waals surface area contributed by atoms with Crippen LogP contribution in [0.25, 0.3) is 0 Å². The van der Waals surface area contributed by atoms with Gasteiger partial charge in [0.25, 0.3) is 0 Å². The third-order valence-electron chi connectivity index (χ3n) is 2.59. The van der Waals surface area contributed by atoms with Crippen molar-refractivity contribution in [3.63, 3.8) is 0 Å². The van der Waals surface area contributed by atoms with E-state index >= 15 is 0 Å². The number of ether oxygens (including phenoxy) is 2. The molecule has 0 fully saturated rings. The summed E-state index contributed by atoms with van der Waals surface area (Å²) in [5.74, 6) is 0.460. The van der Waals surface area contributed by atoms with Crippen LogP contribution in [0.4, 0.5) is 0 Å². The Bertz CT molecular complexity index is 528. The van der Waals surface area contributed by atoms with Crippen LogP contribution >= 0.6 is 0 Å². The fraction of sp³-hybridized carbons (Fsp3) is 0.214. The number of aryl methyl sites for hydroxylation is 1. The molecule has 2 aromatic rings. The average molecular weight is 245 g/mol. The summed E-state index contributed by atoms with van der Waals surface area (Å²) in [5.41, 5.74) is 2.41. The summed E-state index contributed by atoms with van der Waals surface area (Å²) < 4.78 is 10.3. The number of carbonyl (C=O) groups excluding carboxylic acids is 1. The molecule has 2 rings (SSSR count). The molecular formula is C14H15NO3. The Kier molecular flexibility index (Phi) is 3.67. The van der Waals surface area contributed by atoms with Crippen molar-refractivity contribution >= 4 is 5.97 Å². The number of aromatic nitrogens is 1. The third kappa shape index (κ3) is 2.91. The monoisotopic (exact) mass is 245 g/mol. The SMILES string of the molecule is COc1ccc(COC(=O)c2c[nH]c(C)c2)cc1. The molecule has 1 aromatic carbocycles. The van der Waals surface area contributed by atoms with Gasteiger partial charge in [-0.25, -0.2) is 4.79 Å². The van der Waals surface area contributed by atoms with Crippen LogP contribution in [0.1, 0.15) is 21.6 Å². The smallest absolute Gasteiger partial charge is 0.340 e. The van der Waals surface area contributed by atoms with Crippen molar-refractivity contribution in [1.29, 1.82) is 0 Å². The Balaban J connectivity index is 1.92. The quantitative estimate of drug-likeness (QED) is 0.842. The highest BCUT2D eigenvalue weighted by Gasteiger charge is 2.08. The van der Waals surface area contributed by atoms with Crippen LogP contribution < -0.4 is 4.74 Å². The molecule has 0 amide bonds. The number of hydrogen-bond donors (Lipinski definition) is 1. The normalized spacial score (nSPS) is 10.1. The zero-order valence-corrected chi connectivity index (χ0v) is 10.4. The largest absolute Gasteiger partial charge is 0.497 e. The first-order valence-electron chi connectivity index (χ1n) is 5.64. The molecule has 0 bridgehead atoms. The van der Waals surface area contributed by atoms with Gasteiger partial charge in [-0.3, -0.25) is 0 Å². The Labute approximate surface area is 106 Å². The lowest BCUT2D eigenvalue weighted by molar-refractivity contribution is 0.0473. The first-order chi connectivity index (χ1) is 8.69. The van der Waals surface area contributed by atoms with E-state index in [0.717, 1.165) is 17.0 Å². The Morgan fingerprint density at radius 1 is 1.28 bits per heavy atom. The van der Waals surface area contributed by atoms with Gasteiger partial charge in [-0.05, 0) is 30.7 Å². The second kappa shape index (κ2) is 5.40. The van der Waals surface area contributed by atoms with E-state index in [4.69, 9.17) is 9.47 Å². The number of methoxy groups -OCH3 is 1. The number of aromatic amines is 1. The number of rotatable bonds is 4. The first-order valence-corrected chi connectivity index (χ1v) is 5.64. The van der Waals surface area contributed by atoms with E-state index in [1.54, 1.807) is 19.4 Å². The summed E-state index contributed by atoms with van der Waals surface area (Å²) in [6.07, 6.45) is 1.64. The van der Waals surface area contributed by atoms with E-state index in [2.05, 4.69) is 4.98 Å². The molecule has 94 valence electrons. The zero-order chi connectivity index (χ0) is 13.0. The predicted octanol–water partition coefficient (Wildman–Crippen LogP) is 2.69. The van der Waals surface area contributed by atoms with Crippen LogP contribution in [0.2, 0.25) is 0 Å². The summed E-state index contributed by atoms with van der Waals surface area (Å²) in [4.78, 5) is 14.6. The van der Waals surface area contributed by atoms with Crippen molar-refractivity contribution in [1.82, 2.24) is 4.98 Å².